The van der Waals surface area contributed by atoms with Crippen molar-refractivity contribution in [1.29, 1.82) is 0 Å². The number of benzene rings is 3. The van der Waals surface area contributed by atoms with E-state index in [2.05, 4.69) is 72.8 Å². The molecular formula is C29H32N4O. The number of rotatable bonds is 9. The lowest BCUT2D eigenvalue weighted by atomic mass is 10.0. The molecule has 0 atom stereocenters. The van der Waals surface area contributed by atoms with Gasteiger partial charge in [-0.3, -0.25) is 4.79 Å². The standard InChI is InChI=1S/C29H32N4O/c1-21(2)23-13-15-24(16-14-23)31-28-19-26(25-11-7-8-12-27(25)32-28)29(34)30-17-18-33(3)20-22-9-5-4-6-10-22/h4-16,19,21H,17-18,20H2,1-3H3,(H,30,34)(H,31,32). The Hall–Kier alpha value is -3.70. The largest absolute Gasteiger partial charge is 0.351 e. The summed E-state index contributed by atoms with van der Waals surface area (Å²) < 4.78 is 0. The van der Waals surface area contributed by atoms with Crippen molar-refractivity contribution in [3.8, 4) is 0 Å². The Labute approximate surface area is 201 Å². The highest BCUT2D eigenvalue weighted by Crippen LogP contribution is 2.24. The third kappa shape index (κ3) is 6.00. The van der Waals surface area contributed by atoms with Crippen LogP contribution in [0.4, 0.5) is 11.5 Å². The topological polar surface area (TPSA) is 57.3 Å². The number of para-hydroxylation sites is 1. The lowest BCUT2D eigenvalue weighted by molar-refractivity contribution is 0.0951. The first-order valence-electron chi connectivity index (χ1n) is 11.8. The molecule has 3 aromatic carbocycles. The van der Waals surface area contributed by atoms with Crippen LogP contribution in [0, 0.1) is 0 Å². The number of carbonyl (C=O) groups is 1. The van der Waals surface area contributed by atoms with E-state index >= 15 is 0 Å². The predicted octanol–water partition coefficient (Wildman–Crippen LogP) is 5.96. The number of carbonyl (C=O) groups excluding carboxylic acids is 1. The first kappa shape index (κ1) is 23.5. The van der Waals surface area contributed by atoms with Crippen LogP contribution in [0.1, 0.15) is 41.3 Å². The highest BCUT2D eigenvalue weighted by atomic mass is 16.1. The fourth-order valence-electron chi connectivity index (χ4n) is 3.96. The van der Waals surface area contributed by atoms with Crippen LogP contribution in [0.15, 0.2) is 84.9 Å². The van der Waals surface area contributed by atoms with Crippen molar-refractivity contribution in [1.82, 2.24) is 15.2 Å². The molecule has 0 aliphatic carbocycles. The van der Waals surface area contributed by atoms with Gasteiger partial charge in [0.1, 0.15) is 5.82 Å². The Bertz CT molecular complexity index is 1240. The fourth-order valence-corrected chi connectivity index (χ4v) is 3.96. The van der Waals surface area contributed by atoms with Gasteiger partial charge in [-0.15, -0.1) is 0 Å². The average molecular weight is 453 g/mol. The summed E-state index contributed by atoms with van der Waals surface area (Å²) in [5.74, 6) is 1.04. The summed E-state index contributed by atoms with van der Waals surface area (Å²) in [6.45, 7) is 6.53. The number of amides is 1. The van der Waals surface area contributed by atoms with E-state index < -0.39 is 0 Å². The van der Waals surface area contributed by atoms with Crippen molar-refractivity contribution in [2.24, 2.45) is 0 Å². The number of anilines is 2. The normalized spacial score (nSPS) is 11.2. The second kappa shape index (κ2) is 10.9. The van der Waals surface area contributed by atoms with Crippen molar-refractivity contribution in [2.45, 2.75) is 26.3 Å². The molecule has 1 heterocycles. The van der Waals surface area contributed by atoms with E-state index in [1.54, 1.807) is 0 Å². The predicted molar refractivity (Wildman–Crippen MR) is 141 cm³/mol. The molecule has 0 saturated carbocycles. The number of hydrogen-bond donors (Lipinski definition) is 2. The third-order valence-corrected chi connectivity index (χ3v) is 5.88. The van der Waals surface area contributed by atoms with Gasteiger partial charge in [-0.25, -0.2) is 4.98 Å². The highest BCUT2D eigenvalue weighted by molar-refractivity contribution is 6.07. The van der Waals surface area contributed by atoms with Crippen LogP contribution in [0.3, 0.4) is 0 Å². The van der Waals surface area contributed by atoms with Gasteiger partial charge in [0.05, 0.1) is 11.1 Å². The van der Waals surface area contributed by atoms with Crippen molar-refractivity contribution in [3.05, 3.63) is 102 Å². The van der Waals surface area contributed by atoms with E-state index in [1.807, 2.05) is 48.5 Å². The molecule has 0 spiro atoms. The molecule has 0 aliphatic heterocycles. The minimum atomic E-state index is -0.0927. The Morgan fingerprint density at radius 3 is 2.38 bits per heavy atom. The fraction of sp³-hybridized carbons (Fsp3) is 0.241. The number of fused-ring (bicyclic) bond motifs is 1. The Morgan fingerprint density at radius 2 is 1.65 bits per heavy atom. The molecule has 0 unspecified atom stereocenters. The second-order valence-electron chi connectivity index (χ2n) is 8.95. The van der Waals surface area contributed by atoms with E-state index in [0.29, 0.717) is 23.8 Å². The summed E-state index contributed by atoms with van der Waals surface area (Å²) >= 11 is 0. The van der Waals surface area contributed by atoms with Crippen LogP contribution in [0.2, 0.25) is 0 Å². The van der Waals surface area contributed by atoms with Gasteiger partial charge in [-0.05, 0) is 48.4 Å². The number of hydrogen-bond acceptors (Lipinski definition) is 4. The number of nitrogens with one attached hydrogen (secondary N) is 2. The van der Waals surface area contributed by atoms with Gasteiger partial charge in [0.2, 0.25) is 0 Å². The minimum absolute atomic E-state index is 0.0927. The zero-order chi connectivity index (χ0) is 23.9. The van der Waals surface area contributed by atoms with Crippen LogP contribution in [0.5, 0.6) is 0 Å². The van der Waals surface area contributed by atoms with Gasteiger partial charge in [0.25, 0.3) is 5.91 Å². The highest BCUT2D eigenvalue weighted by Gasteiger charge is 2.13. The zero-order valence-electron chi connectivity index (χ0n) is 20.1. The van der Waals surface area contributed by atoms with Gasteiger partial charge >= 0.3 is 0 Å². The van der Waals surface area contributed by atoms with Crippen LogP contribution >= 0.6 is 0 Å². The van der Waals surface area contributed by atoms with E-state index in [9.17, 15) is 4.79 Å². The molecule has 34 heavy (non-hydrogen) atoms. The van der Waals surface area contributed by atoms with Crippen LogP contribution in [-0.4, -0.2) is 35.9 Å². The molecule has 0 fully saturated rings. The molecule has 0 radical (unpaired) electrons. The van der Waals surface area contributed by atoms with Gasteiger partial charge in [0, 0.05) is 30.7 Å². The van der Waals surface area contributed by atoms with Gasteiger partial charge in [-0.1, -0.05) is 74.5 Å². The van der Waals surface area contributed by atoms with Gasteiger partial charge in [-0.2, -0.15) is 0 Å². The smallest absolute Gasteiger partial charge is 0.252 e. The maximum absolute atomic E-state index is 13.1. The Morgan fingerprint density at radius 1 is 0.941 bits per heavy atom. The van der Waals surface area contributed by atoms with Crippen LogP contribution < -0.4 is 10.6 Å². The summed E-state index contributed by atoms with van der Waals surface area (Å²) in [7, 11) is 2.06. The number of nitrogens with zero attached hydrogens (tertiary/aromatic N) is 2. The zero-order valence-corrected chi connectivity index (χ0v) is 20.1. The number of aromatic nitrogens is 1. The second-order valence-corrected chi connectivity index (χ2v) is 8.95. The molecule has 1 amide bonds. The van der Waals surface area contributed by atoms with Crippen molar-refractivity contribution >= 4 is 28.3 Å². The quantitative estimate of drug-likeness (QED) is 0.329. The summed E-state index contributed by atoms with van der Waals surface area (Å²) in [6, 6.07) is 28.3. The summed E-state index contributed by atoms with van der Waals surface area (Å²) in [4.78, 5) is 20.1. The first-order chi connectivity index (χ1) is 16.5. The molecule has 174 valence electrons. The molecule has 2 N–H and O–H groups in total. The molecule has 5 nitrogen and oxygen atoms in total. The van der Waals surface area contributed by atoms with E-state index in [4.69, 9.17) is 4.98 Å². The van der Waals surface area contributed by atoms with E-state index in [-0.39, 0.29) is 5.91 Å². The molecule has 4 rings (SSSR count). The van der Waals surface area contributed by atoms with Crippen LogP contribution in [-0.2, 0) is 6.54 Å². The Kier molecular flexibility index (Phi) is 7.55. The summed E-state index contributed by atoms with van der Waals surface area (Å²) in [5, 5.41) is 7.29. The molecule has 0 bridgehead atoms. The lowest BCUT2D eigenvalue weighted by Crippen LogP contribution is -2.33. The maximum Gasteiger partial charge on any atom is 0.252 e. The van der Waals surface area contributed by atoms with Crippen molar-refractivity contribution in [3.63, 3.8) is 0 Å². The third-order valence-electron chi connectivity index (χ3n) is 5.88. The monoisotopic (exact) mass is 452 g/mol. The summed E-state index contributed by atoms with van der Waals surface area (Å²) in [6.07, 6.45) is 0. The van der Waals surface area contributed by atoms with Crippen molar-refractivity contribution < 1.29 is 4.79 Å². The average Bonchev–Trinajstić information content (AvgIpc) is 2.84. The molecular weight excluding hydrogens is 420 g/mol. The maximum atomic E-state index is 13.1. The Balaban J connectivity index is 1.45. The molecule has 5 heteroatoms. The van der Waals surface area contributed by atoms with E-state index in [1.165, 1.54) is 11.1 Å². The SMILES string of the molecule is CC(C)c1ccc(Nc2cc(C(=O)NCCN(C)Cc3ccccc3)c3ccccc3n2)cc1. The lowest BCUT2D eigenvalue weighted by Gasteiger charge is -2.17. The number of pyridine rings is 1. The van der Waals surface area contributed by atoms with Crippen LogP contribution in [0.25, 0.3) is 10.9 Å². The minimum Gasteiger partial charge on any atom is -0.351 e. The van der Waals surface area contributed by atoms with Crippen molar-refractivity contribution in [2.75, 3.05) is 25.5 Å². The number of likely N-dealkylation sites (N-methyl/N-ethyl adjacent to an activating group) is 1. The molecule has 1 aromatic heterocycles. The van der Waals surface area contributed by atoms with Gasteiger partial charge in [0.15, 0.2) is 0 Å². The van der Waals surface area contributed by atoms with E-state index in [0.717, 1.165) is 29.7 Å². The molecule has 4 aromatic rings. The van der Waals surface area contributed by atoms with Gasteiger partial charge < -0.3 is 15.5 Å². The first-order valence-corrected chi connectivity index (χ1v) is 11.8. The summed E-state index contributed by atoms with van der Waals surface area (Å²) in [5.41, 5.74) is 4.90. The molecule has 0 aliphatic rings. The molecule has 0 saturated heterocycles.